The van der Waals surface area contributed by atoms with Gasteiger partial charge in [0.15, 0.2) is 0 Å². The first-order chi connectivity index (χ1) is 18.6. The molecule has 2 aromatic carbocycles. The zero-order valence-corrected chi connectivity index (χ0v) is 21.9. The SMILES string of the molecule is Cc1cc(-c2cc(F)c(NS(=O)(=O)Cc3ccc(F)cc3)cc2F)nc2cnc(NC3CCC(N)CC3)nc12. The lowest BCUT2D eigenvalue weighted by Crippen LogP contribution is -2.33. The van der Waals surface area contributed by atoms with E-state index in [1.807, 2.05) is 0 Å². The summed E-state index contributed by atoms with van der Waals surface area (Å²) in [5.74, 6) is -2.42. The number of pyridine rings is 1. The first kappa shape index (κ1) is 26.8. The number of halogens is 3. The molecule has 12 heteroatoms. The summed E-state index contributed by atoms with van der Waals surface area (Å²) in [6, 6.07) is 8.56. The number of fused-ring (bicyclic) bond motifs is 1. The number of sulfonamides is 1. The quantitative estimate of drug-likeness (QED) is 0.291. The van der Waals surface area contributed by atoms with Gasteiger partial charge in [-0.1, -0.05) is 12.1 Å². The molecule has 1 aliphatic rings. The highest BCUT2D eigenvalue weighted by Gasteiger charge is 2.21. The molecule has 0 unspecified atom stereocenters. The van der Waals surface area contributed by atoms with Crippen LogP contribution in [-0.4, -0.2) is 35.5 Å². The number of hydrogen-bond donors (Lipinski definition) is 3. The molecule has 1 aliphatic carbocycles. The van der Waals surface area contributed by atoms with E-state index in [0.29, 0.717) is 28.1 Å². The molecule has 0 amide bonds. The maximum absolute atomic E-state index is 15.1. The minimum atomic E-state index is -4.09. The topological polar surface area (TPSA) is 123 Å². The Hall–Kier alpha value is -3.77. The van der Waals surface area contributed by atoms with Crippen LogP contribution in [0.2, 0.25) is 0 Å². The molecule has 2 aromatic heterocycles. The molecule has 39 heavy (non-hydrogen) atoms. The van der Waals surface area contributed by atoms with Crippen LogP contribution < -0.4 is 15.8 Å². The van der Waals surface area contributed by atoms with Gasteiger partial charge in [0.25, 0.3) is 0 Å². The van der Waals surface area contributed by atoms with Gasteiger partial charge in [0.2, 0.25) is 16.0 Å². The first-order valence-electron chi connectivity index (χ1n) is 12.5. The molecule has 0 aliphatic heterocycles. The summed E-state index contributed by atoms with van der Waals surface area (Å²) in [7, 11) is -4.09. The second-order valence-electron chi connectivity index (χ2n) is 9.81. The minimum Gasteiger partial charge on any atom is -0.351 e. The second-order valence-corrected chi connectivity index (χ2v) is 11.5. The number of nitrogens with zero attached hydrogens (tertiary/aromatic N) is 3. The van der Waals surface area contributed by atoms with Crippen molar-refractivity contribution in [2.75, 3.05) is 10.0 Å². The predicted octanol–water partition coefficient (Wildman–Crippen LogP) is 5.04. The molecule has 0 atom stereocenters. The summed E-state index contributed by atoms with van der Waals surface area (Å²) in [6.45, 7) is 1.79. The Morgan fingerprint density at radius 1 is 0.974 bits per heavy atom. The molecule has 5 rings (SSSR count). The second kappa shape index (κ2) is 10.8. The summed E-state index contributed by atoms with van der Waals surface area (Å²) in [4.78, 5) is 13.4. The summed E-state index contributed by atoms with van der Waals surface area (Å²) in [5.41, 5.74) is 7.42. The molecule has 1 fully saturated rings. The van der Waals surface area contributed by atoms with Gasteiger partial charge in [-0.15, -0.1) is 0 Å². The average Bonchev–Trinajstić information content (AvgIpc) is 2.89. The van der Waals surface area contributed by atoms with E-state index in [2.05, 4.69) is 25.0 Å². The Kier molecular flexibility index (Phi) is 7.41. The third-order valence-electron chi connectivity index (χ3n) is 6.71. The maximum Gasteiger partial charge on any atom is 0.237 e. The van der Waals surface area contributed by atoms with E-state index >= 15 is 4.39 Å². The van der Waals surface area contributed by atoms with Crippen molar-refractivity contribution in [3.63, 3.8) is 0 Å². The van der Waals surface area contributed by atoms with Crippen molar-refractivity contribution >= 4 is 32.7 Å². The normalized spacial score (nSPS) is 17.8. The fourth-order valence-corrected chi connectivity index (χ4v) is 5.86. The number of aromatic nitrogens is 3. The molecule has 0 spiro atoms. The fourth-order valence-electron chi connectivity index (χ4n) is 4.66. The lowest BCUT2D eigenvalue weighted by Gasteiger charge is -2.26. The Bertz CT molecular complexity index is 1630. The van der Waals surface area contributed by atoms with Crippen LogP contribution >= 0.6 is 0 Å². The zero-order valence-electron chi connectivity index (χ0n) is 21.1. The van der Waals surface area contributed by atoms with E-state index < -0.39 is 38.9 Å². The number of nitrogens with two attached hydrogens (primary N) is 1. The van der Waals surface area contributed by atoms with E-state index in [1.54, 1.807) is 13.0 Å². The number of benzene rings is 2. The van der Waals surface area contributed by atoms with Crippen LogP contribution in [-0.2, 0) is 15.8 Å². The van der Waals surface area contributed by atoms with Crippen LogP contribution in [0.1, 0.15) is 36.8 Å². The lowest BCUT2D eigenvalue weighted by atomic mass is 9.92. The molecular weight excluding hydrogens is 529 g/mol. The number of aryl methyl sites for hydroxylation is 1. The summed E-state index contributed by atoms with van der Waals surface area (Å²) in [5, 5.41) is 3.34. The van der Waals surface area contributed by atoms with Crippen LogP contribution in [0.3, 0.4) is 0 Å². The van der Waals surface area contributed by atoms with Crippen molar-refractivity contribution in [2.45, 2.75) is 50.4 Å². The van der Waals surface area contributed by atoms with Crippen LogP contribution in [0.25, 0.3) is 22.3 Å². The van der Waals surface area contributed by atoms with Crippen LogP contribution in [0.15, 0.2) is 48.7 Å². The van der Waals surface area contributed by atoms with E-state index in [-0.39, 0.29) is 23.3 Å². The molecule has 0 saturated heterocycles. The van der Waals surface area contributed by atoms with Crippen molar-refractivity contribution in [2.24, 2.45) is 5.73 Å². The highest BCUT2D eigenvalue weighted by Crippen LogP contribution is 2.30. The van der Waals surface area contributed by atoms with Gasteiger partial charge in [0.1, 0.15) is 23.0 Å². The third-order valence-corrected chi connectivity index (χ3v) is 7.95. The number of nitrogens with one attached hydrogen (secondary N) is 2. The highest BCUT2D eigenvalue weighted by atomic mass is 32.2. The van der Waals surface area contributed by atoms with Gasteiger partial charge in [0, 0.05) is 23.7 Å². The van der Waals surface area contributed by atoms with E-state index in [0.717, 1.165) is 49.9 Å². The molecule has 0 bridgehead atoms. The average molecular weight is 557 g/mol. The number of rotatable bonds is 7. The van der Waals surface area contributed by atoms with E-state index in [1.165, 1.54) is 18.3 Å². The van der Waals surface area contributed by atoms with Gasteiger partial charge < -0.3 is 11.1 Å². The van der Waals surface area contributed by atoms with Gasteiger partial charge >= 0.3 is 0 Å². The molecule has 4 aromatic rings. The van der Waals surface area contributed by atoms with Crippen molar-refractivity contribution in [3.05, 3.63) is 77.2 Å². The van der Waals surface area contributed by atoms with Crippen molar-refractivity contribution < 1.29 is 21.6 Å². The van der Waals surface area contributed by atoms with Gasteiger partial charge in [-0.3, -0.25) is 4.72 Å². The Morgan fingerprint density at radius 3 is 2.41 bits per heavy atom. The lowest BCUT2D eigenvalue weighted by molar-refractivity contribution is 0.410. The molecule has 0 radical (unpaired) electrons. The third kappa shape index (κ3) is 6.28. The Labute approximate surface area is 223 Å². The van der Waals surface area contributed by atoms with Crippen LogP contribution in [0.4, 0.5) is 24.8 Å². The highest BCUT2D eigenvalue weighted by molar-refractivity contribution is 7.91. The van der Waals surface area contributed by atoms with Crippen LogP contribution in [0, 0.1) is 24.4 Å². The first-order valence-corrected chi connectivity index (χ1v) is 14.1. The number of hydrogen-bond acceptors (Lipinski definition) is 7. The predicted molar refractivity (Wildman–Crippen MR) is 144 cm³/mol. The Morgan fingerprint density at radius 2 is 1.69 bits per heavy atom. The molecule has 1 saturated carbocycles. The van der Waals surface area contributed by atoms with E-state index in [4.69, 9.17) is 5.73 Å². The summed E-state index contributed by atoms with van der Waals surface area (Å²) >= 11 is 0. The monoisotopic (exact) mass is 556 g/mol. The number of anilines is 2. The van der Waals surface area contributed by atoms with Crippen molar-refractivity contribution in [1.29, 1.82) is 0 Å². The van der Waals surface area contributed by atoms with Crippen LogP contribution in [0.5, 0.6) is 0 Å². The van der Waals surface area contributed by atoms with E-state index in [9.17, 15) is 17.2 Å². The summed E-state index contributed by atoms with van der Waals surface area (Å²) < 4.78 is 70.2. The fraction of sp³-hybridized carbons (Fsp3) is 0.296. The molecule has 2 heterocycles. The maximum atomic E-state index is 15.1. The van der Waals surface area contributed by atoms with Gasteiger partial charge in [0.05, 0.1) is 28.8 Å². The molecule has 4 N–H and O–H groups in total. The zero-order chi connectivity index (χ0) is 27.7. The van der Waals surface area contributed by atoms with Gasteiger partial charge in [-0.05, 0) is 68.0 Å². The molecule has 204 valence electrons. The van der Waals surface area contributed by atoms with Crippen molar-refractivity contribution in [3.8, 4) is 11.3 Å². The van der Waals surface area contributed by atoms with Gasteiger partial charge in [-0.2, -0.15) is 0 Å². The smallest absolute Gasteiger partial charge is 0.237 e. The van der Waals surface area contributed by atoms with Gasteiger partial charge in [-0.25, -0.2) is 36.5 Å². The Balaban J connectivity index is 1.37. The molecule has 8 nitrogen and oxygen atoms in total. The van der Waals surface area contributed by atoms with Crippen molar-refractivity contribution in [1.82, 2.24) is 15.0 Å². The standard InChI is InChI=1S/C27H27F3N6O2S/c1-15-10-23(34-25-13-32-27(35-26(15)25)33-19-8-6-18(31)7-9-19)20-11-22(30)24(12-21(20)29)36-39(37,38)14-16-2-4-17(28)5-3-16/h2-5,10-13,18-19,36H,6-9,14,31H2,1H3,(H,32,33,35). The summed E-state index contributed by atoms with van der Waals surface area (Å²) in [6.07, 6.45) is 5.27. The minimum absolute atomic E-state index is 0.139. The molecular formula is C27H27F3N6O2S. The largest absolute Gasteiger partial charge is 0.351 e.